The van der Waals surface area contributed by atoms with Crippen LogP contribution >= 0.6 is 15.9 Å². The summed E-state index contributed by atoms with van der Waals surface area (Å²) in [6, 6.07) is 4.24. The molecular formula is C9H8BrFO. The van der Waals surface area contributed by atoms with Crippen molar-refractivity contribution >= 4 is 22.0 Å². The molecule has 0 fully saturated rings. The molecule has 12 heavy (non-hydrogen) atoms. The summed E-state index contributed by atoms with van der Waals surface area (Å²) in [4.78, 5) is 0. The molecule has 0 spiro atoms. The first kappa shape index (κ1) is 9.26. The van der Waals surface area contributed by atoms with Crippen LogP contribution in [-0.4, -0.2) is 10.4 Å². The van der Waals surface area contributed by atoms with Gasteiger partial charge in [0.1, 0.15) is 11.6 Å². The summed E-state index contributed by atoms with van der Waals surface area (Å²) in [5.74, 6) is -0.445. The third kappa shape index (κ3) is 2.08. The van der Waals surface area contributed by atoms with Crippen LogP contribution in [0.4, 0.5) is 4.39 Å². The SMILES string of the molecule is Oc1cccc(F)c1C=CCBr. The Labute approximate surface area is 78.7 Å². The molecule has 0 saturated heterocycles. The number of halogens is 2. The highest BCUT2D eigenvalue weighted by atomic mass is 79.9. The van der Waals surface area contributed by atoms with Crippen molar-refractivity contribution in [2.45, 2.75) is 0 Å². The minimum atomic E-state index is -0.410. The largest absolute Gasteiger partial charge is 0.507 e. The number of benzene rings is 1. The van der Waals surface area contributed by atoms with Gasteiger partial charge in [0.15, 0.2) is 0 Å². The van der Waals surface area contributed by atoms with Crippen molar-refractivity contribution in [1.82, 2.24) is 0 Å². The molecule has 1 N–H and O–H groups in total. The lowest BCUT2D eigenvalue weighted by Gasteiger charge is -1.98. The van der Waals surface area contributed by atoms with Gasteiger partial charge in [-0.2, -0.15) is 0 Å². The number of hydrogen-bond donors (Lipinski definition) is 1. The van der Waals surface area contributed by atoms with Crippen molar-refractivity contribution in [3.8, 4) is 5.75 Å². The molecule has 0 aliphatic carbocycles. The first-order valence-corrected chi connectivity index (χ1v) is 4.58. The fraction of sp³-hybridized carbons (Fsp3) is 0.111. The van der Waals surface area contributed by atoms with E-state index >= 15 is 0 Å². The molecule has 0 unspecified atom stereocenters. The Balaban J connectivity index is 3.04. The predicted molar refractivity (Wildman–Crippen MR) is 50.9 cm³/mol. The Morgan fingerprint density at radius 2 is 2.25 bits per heavy atom. The molecule has 1 nitrogen and oxygen atoms in total. The van der Waals surface area contributed by atoms with Gasteiger partial charge >= 0.3 is 0 Å². The maximum absolute atomic E-state index is 12.9. The molecular weight excluding hydrogens is 223 g/mol. The number of hydrogen-bond acceptors (Lipinski definition) is 1. The van der Waals surface area contributed by atoms with Crippen LogP contribution in [-0.2, 0) is 0 Å². The molecule has 64 valence electrons. The maximum Gasteiger partial charge on any atom is 0.134 e. The van der Waals surface area contributed by atoms with Crippen LogP contribution in [0.5, 0.6) is 5.75 Å². The zero-order valence-electron chi connectivity index (χ0n) is 6.30. The summed E-state index contributed by atoms with van der Waals surface area (Å²) in [7, 11) is 0. The fourth-order valence-corrected chi connectivity index (χ4v) is 1.04. The van der Waals surface area contributed by atoms with Crippen LogP contribution < -0.4 is 0 Å². The summed E-state index contributed by atoms with van der Waals surface area (Å²) in [5, 5.41) is 9.85. The maximum atomic E-state index is 12.9. The van der Waals surface area contributed by atoms with E-state index in [1.165, 1.54) is 18.2 Å². The van der Waals surface area contributed by atoms with Gasteiger partial charge in [-0.3, -0.25) is 0 Å². The average Bonchev–Trinajstić information content (AvgIpc) is 2.04. The van der Waals surface area contributed by atoms with E-state index in [9.17, 15) is 9.50 Å². The lowest BCUT2D eigenvalue weighted by atomic mass is 10.2. The monoisotopic (exact) mass is 230 g/mol. The van der Waals surface area contributed by atoms with Crippen molar-refractivity contribution in [3.05, 3.63) is 35.7 Å². The summed E-state index contributed by atoms with van der Waals surface area (Å²) < 4.78 is 12.9. The van der Waals surface area contributed by atoms with E-state index in [4.69, 9.17) is 0 Å². The van der Waals surface area contributed by atoms with E-state index in [1.807, 2.05) is 0 Å². The first-order chi connectivity index (χ1) is 5.75. The highest BCUT2D eigenvalue weighted by molar-refractivity contribution is 9.09. The van der Waals surface area contributed by atoms with Gasteiger partial charge in [-0.1, -0.05) is 34.1 Å². The molecule has 1 aromatic carbocycles. The van der Waals surface area contributed by atoms with E-state index in [1.54, 1.807) is 12.2 Å². The number of phenols is 1. The summed E-state index contributed by atoms with van der Waals surface area (Å²) >= 11 is 3.17. The lowest BCUT2D eigenvalue weighted by molar-refractivity contribution is 0.467. The van der Waals surface area contributed by atoms with Gasteiger partial charge in [0.05, 0.1) is 5.56 Å². The van der Waals surface area contributed by atoms with Crippen LogP contribution in [0.1, 0.15) is 5.56 Å². The van der Waals surface area contributed by atoms with Crippen LogP contribution in [0.2, 0.25) is 0 Å². The Morgan fingerprint density at radius 1 is 1.50 bits per heavy atom. The van der Waals surface area contributed by atoms with Crippen molar-refractivity contribution in [3.63, 3.8) is 0 Å². The van der Waals surface area contributed by atoms with Crippen LogP contribution in [0.3, 0.4) is 0 Å². The van der Waals surface area contributed by atoms with E-state index in [2.05, 4.69) is 15.9 Å². The molecule has 0 bridgehead atoms. The quantitative estimate of drug-likeness (QED) is 0.776. The van der Waals surface area contributed by atoms with Crippen molar-refractivity contribution in [2.75, 3.05) is 5.33 Å². The Kier molecular flexibility index (Phi) is 3.29. The van der Waals surface area contributed by atoms with Gasteiger partial charge in [-0.15, -0.1) is 0 Å². The topological polar surface area (TPSA) is 20.2 Å². The third-order valence-corrected chi connectivity index (χ3v) is 1.78. The smallest absolute Gasteiger partial charge is 0.134 e. The van der Waals surface area contributed by atoms with Crippen LogP contribution in [0, 0.1) is 5.82 Å². The molecule has 0 radical (unpaired) electrons. The van der Waals surface area contributed by atoms with Gasteiger partial charge in [0.25, 0.3) is 0 Å². The zero-order chi connectivity index (χ0) is 8.97. The third-order valence-electron chi connectivity index (χ3n) is 1.40. The molecule has 0 amide bonds. The number of aromatic hydroxyl groups is 1. The number of phenolic OH excluding ortho intramolecular Hbond substituents is 1. The van der Waals surface area contributed by atoms with Crippen molar-refractivity contribution < 1.29 is 9.50 Å². The second-order valence-electron chi connectivity index (χ2n) is 2.23. The molecule has 1 rings (SSSR count). The van der Waals surface area contributed by atoms with Crippen LogP contribution in [0.25, 0.3) is 6.08 Å². The molecule has 1 aromatic rings. The second-order valence-corrected chi connectivity index (χ2v) is 2.88. The zero-order valence-corrected chi connectivity index (χ0v) is 7.88. The standard InChI is InChI=1S/C9H8BrFO/c10-6-2-3-7-8(11)4-1-5-9(7)12/h1-5,12H,6H2. The second kappa shape index (κ2) is 4.26. The Morgan fingerprint density at radius 3 is 2.83 bits per heavy atom. The van der Waals surface area contributed by atoms with Crippen molar-refractivity contribution in [2.24, 2.45) is 0 Å². The number of rotatable bonds is 2. The average molecular weight is 231 g/mol. The fourth-order valence-electron chi connectivity index (χ4n) is 0.853. The van der Waals surface area contributed by atoms with Gasteiger partial charge < -0.3 is 5.11 Å². The molecule has 0 aromatic heterocycles. The molecule has 0 aliphatic heterocycles. The molecule has 0 saturated carbocycles. The van der Waals surface area contributed by atoms with Gasteiger partial charge in [0.2, 0.25) is 0 Å². The van der Waals surface area contributed by atoms with Crippen molar-refractivity contribution in [1.29, 1.82) is 0 Å². The van der Waals surface area contributed by atoms with E-state index in [0.29, 0.717) is 5.33 Å². The predicted octanol–water partition coefficient (Wildman–Crippen LogP) is 2.94. The van der Waals surface area contributed by atoms with Crippen LogP contribution in [0.15, 0.2) is 24.3 Å². The Bertz CT molecular complexity index is 276. The highest BCUT2D eigenvalue weighted by Gasteiger charge is 2.01. The summed E-state index contributed by atoms with van der Waals surface area (Å²) in [6.07, 6.45) is 3.26. The molecule has 3 heteroatoms. The number of allylic oxidation sites excluding steroid dienone is 1. The lowest BCUT2D eigenvalue weighted by Crippen LogP contribution is -1.81. The van der Waals surface area contributed by atoms with E-state index in [0.717, 1.165) is 0 Å². The van der Waals surface area contributed by atoms with Gasteiger partial charge in [0, 0.05) is 5.33 Å². The molecule has 0 atom stereocenters. The number of alkyl halides is 1. The highest BCUT2D eigenvalue weighted by Crippen LogP contribution is 2.20. The minimum Gasteiger partial charge on any atom is -0.507 e. The minimum absolute atomic E-state index is 0.0350. The van der Waals surface area contributed by atoms with Gasteiger partial charge in [-0.05, 0) is 12.1 Å². The molecule has 0 aliphatic rings. The summed E-state index contributed by atoms with van der Waals surface area (Å²) in [6.45, 7) is 0. The van der Waals surface area contributed by atoms with E-state index in [-0.39, 0.29) is 11.3 Å². The summed E-state index contributed by atoms with van der Waals surface area (Å²) in [5.41, 5.74) is 0.233. The Hall–Kier alpha value is -0.830. The normalized spacial score (nSPS) is 10.8. The van der Waals surface area contributed by atoms with E-state index < -0.39 is 5.82 Å². The van der Waals surface area contributed by atoms with Gasteiger partial charge in [-0.25, -0.2) is 4.39 Å². The molecule has 0 heterocycles. The first-order valence-electron chi connectivity index (χ1n) is 3.45.